The van der Waals surface area contributed by atoms with Crippen LogP contribution in [0.4, 0.5) is 0 Å². The van der Waals surface area contributed by atoms with E-state index in [1.54, 1.807) is 16.3 Å². The first-order chi connectivity index (χ1) is 16.0. The fraction of sp³-hybridized carbons (Fsp3) is 0.214. The molecule has 166 valence electrons. The van der Waals surface area contributed by atoms with E-state index in [1.807, 2.05) is 48.7 Å². The Kier molecular flexibility index (Phi) is 6.86. The maximum absolute atomic E-state index is 13.2. The summed E-state index contributed by atoms with van der Waals surface area (Å²) in [7, 11) is 0. The van der Waals surface area contributed by atoms with E-state index in [1.165, 1.54) is 5.56 Å². The Morgan fingerprint density at radius 2 is 1.88 bits per heavy atom. The third-order valence-corrected chi connectivity index (χ3v) is 6.33. The fourth-order valence-electron chi connectivity index (χ4n) is 3.83. The minimum Gasteiger partial charge on any atom is -0.481 e. The molecule has 0 aliphatic carbocycles. The molecule has 4 rings (SSSR count). The number of benzene rings is 3. The van der Waals surface area contributed by atoms with Crippen molar-refractivity contribution in [2.45, 2.75) is 31.2 Å². The Balaban J connectivity index is 1.88. The van der Waals surface area contributed by atoms with Crippen LogP contribution in [0.1, 0.15) is 30.9 Å². The zero-order valence-corrected chi connectivity index (χ0v) is 19.9. The summed E-state index contributed by atoms with van der Waals surface area (Å²) in [5, 5.41) is 0.849. The molecule has 0 radical (unpaired) electrons. The number of thioether (sulfide) groups is 1. The molecular formula is C28H26N2O2S. The van der Waals surface area contributed by atoms with Gasteiger partial charge in [0.15, 0.2) is 0 Å². The van der Waals surface area contributed by atoms with Gasteiger partial charge in [0.05, 0.1) is 17.8 Å². The number of rotatable bonds is 7. The maximum atomic E-state index is 13.2. The highest BCUT2D eigenvalue weighted by Crippen LogP contribution is 2.30. The van der Waals surface area contributed by atoms with Gasteiger partial charge in [-0.15, -0.1) is 18.2 Å². The minimum atomic E-state index is -0.280. The molecule has 33 heavy (non-hydrogen) atoms. The van der Waals surface area contributed by atoms with Crippen molar-refractivity contribution in [2.75, 3.05) is 12.9 Å². The van der Waals surface area contributed by atoms with Crippen molar-refractivity contribution >= 4 is 22.7 Å². The molecule has 1 heterocycles. The molecule has 0 fully saturated rings. The summed E-state index contributed by atoms with van der Waals surface area (Å²) in [6, 6.07) is 22.1. The molecule has 0 spiro atoms. The Bertz CT molecular complexity index is 1380. The summed E-state index contributed by atoms with van der Waals surface area (Å²) in [5.41, 5.74) is 4.35. The Hall–Kier alpha value is -3.49. The van der Waals surface area contributed by atoms with Crippen molar-refractivity contribution in [1.29, 1.82) is 0 Å². The molecule has 0 saturated carbocycles. The van der Waals surface area contributed by atoms with E-state index in [9.17, 15) is 4.79 Å². The monoisotopic (exact) mass is 454 g/mol. The van der Waals surface area contributed by atoms with E-state index in [-0.39, 0.29) is 12.3 Å². The van der Waals surface area contributed by atoms with Crippen LogP contribution in [0.15, 0.2) is 76.4 Å². The van der Waals surface area contributed by atoms with Crippen LogP contribution in [0, 0.1) is 12.3 Å². The van der Waals surface area contributed by atoms with Crippen molar-refractivity contribution in [3.8, 4) is 29.4 Å². The van der Waals surface area contributed by atoms with Crippen LogP contribution < -0.4 is 10.4 Å². The third-order valence-electron chi connectivity index (χ3n) is 5.60. The molecule has 0 atom stereocenters. The molecule has 0 saturated heterocycles. The maximum Gasteiger partial charge on any atom is 0.348 e. The zero-order chi connectivity index (χ0) is 23.4. The number of terminal acetylenes is 1. The average molecular weight is 455 g/mol. The van der Waals surface area contributed by atoms with Gasteiger partial charge in [-0.2, -0.15) is 4.98 Å². The summed E-state index contributed by atoms with van der Waals surface area (Å²) in [4.78, 5) is 18.9. The van der Waals surface area contributed by atoms with Crippen molar-refractivity contribution in [3.63, 3.8) is 0 Å². The highest BCUT2D eigenvalue weighted by molar-refractivity contribution is 7.98. The van der Waals surface area contributed by atoms with Gasteiger partial charge in [-0.3, -0.25) is 4.57 Å². The van der Waals surface area contributed by atoms with Crippen LogP contribution in [0.25, 0.3) is 22.2 Å². The first-order valence-electron chi connectivity index (χ1n) is 10.8. The normalized spacial score (nSPS) is 11.0. The molecule has 4 nitrogen and oxygen atoms in total. The molecule has 0 unspecified atom stereocenters. The Labute approximate surface area is 198 Å². The Morgan fingerprint density at radius 1 is 1.09 bits per heavy atom. The van der Waals surface area contributed by atoms with E-state index >= 15 is 0 Å². The van der Waals surface area contributed by atoms with E-state index in [0.717, 1.165) is 26.9 Å². The van der Waals surface area contributed by atoms with E-state index in [4.69, 9.17) is 11.2 Å². The molecule has 0 aliphatic rings. The summed E-state index contributed by atoms with van der Waals surface area (Å²) >= 11 is 1.68. The molecule has 0 amide bonds. The predicted octanol–water partition coefficient (Wildman–Crippen LogP) is 5.97. The van der Waals surface area contributed by atoms with Crippen LogP contribution in [0.2, 0.25) is 0 Å². The van der Waals surface area contributed by atoms with Gasteiger partial charge in [0.1, 0.15) is 12.4 Å². The smallest absolute Gasteiger partial charge is 0.348 e. The second-order valence-corrected chi connectivity index (χ2v) is 9.01. The van der Waals surface area contributed by atoms with E-state index in [2.05, 4.69) is 49.0 Å². The lowest BCUT2D eigenvalue weighted by Crippen LogP contribution is -2.24. The average Bonchev–Trinajstić information content (AvgIpc) is 2.84. The lowest BCUT2D eigenvalue weighted by Gasteiger charge is -2.15. The second kappa shape index (κ2) is 9.97. The largest absolute Gasteiger partial charge is 0.481 e. The lowest BCUT2D eigenvalue weighted by atomic mass is 9.99. The van der Waals surface area contributed by atoms with Gasteiger partial charge in [0.2, 0.25) is 0 Å². The molecule has 3 aromatic carbocycles. The van der Waals surface area contributed by atoms with E-state index in [0.29, 0.717) is 23.9 Å². The molecule has 5 heteroatoms. The number of ether oxygens (including phenoxy) is 1. The summed E-state index contributed by atoms with van der Waals surface area (Å²) < 4.78 is 7.38. The molecule has 4 aromatic rings. The van der Waals surface area contributed by atoms with Crippen molar-refractivity contribution in [2.24, 2.45) is 0 Å². The third kappa shape index (κ3) is 4.97. The molecule has 0 aliphatic heterocycles. The first-order valence-corrected chi connectivity index (χ1v) is 12.1. The topological polar surface area (TPSA) is 44.1 Å². The Morgan fingerprint density at radius 3 is 2.58 bits per heavy atom. The van der Waals surface area contributed by atoms with Crippen LogP contribution in [0.5, 0.6) is 5.75 Å². The van der Waals surface area contributed by atoms with Gasteiger partial charge in [0.25, 0.3) is 0 Å². The molecule has 0 N–H and O–H groups in total. The summed E-state index contributed by atoms with van der Waals surface area (Å²) in [6.07, 6.45) is 7.41. The van der Waals surface area contributed by atoms with Gasteiger partial charge < -0.3 is 4.74 Å². The quantitative estimate of drug-likeness (QED) is 0.255. The fourth-order valence-corrected chi connectivity index (χ4v) is 4.31. The van der Waals surface area contributed by atoms with Crippen molar-refractivity contribution in [1.82, 2.24) is 9.55 Å². The first kappa shape index (κ1) is 22.7. The van der Waals surface area contributed by atoms with Gasteiger partial charge >= 0.3 is 5.69 Å². The van der Waals surface area contributed by atoms with Crippen molar-refractivity contribution in [3.05, 3.63) is 88.3 Å². The van der Waals surface area contributed by atoms with Gasteiger partial charge in [-0.1, -0.05) is 56.2 Å². The standard InChI is InChI=1S/C28H26N2O2S/c1-5-15-32-23-13-14-26-25(17-23)27(22-11-9-21(10-12-22)19(2)3)29-28(31)30(26)18-20-7-6-8-24(16-20)33-4/h1,6-14,16-17,19H,15,18H2,2-4H3. The van der Waals surface area contributed by atoms with Gasteiger partial charge in [-0.25, -0.2) is 4.79 Å². The lowest BCUT2D eigenvalue weighted by molar-refractivity contribution is 0.371. The number of fused-ring (bicyclic) bond motifs is 1. The highest BCUT2D eigenvalue weighted by atomic mass is 32.2. The molecule has 0 bridgehead atoms. The number of hydrogen-bond donors (Lipinski definition) is 0. The number of nitrogens with zero attached hydrogens (tertiary/aromatic N) is 2. The zero-order valence-electron chi connectivity index (χ0n) is 19.0. The molecular weight excluding hydrogens is 428 g/mol. The predicted molar refractivity (Wildman–Crippen MR) is 137 cm³/mol. The summed E-state index contributed by atoms with van der Waals surface area (Å²) in [6.45, 7) is 4.93. The van der Waals surface area contributed by atoms with Gasteiger partial charge in [0, 0.05) is 15.8 Å². The number of hydrogen-bond acceptors (Lipinski definition) is 4. The second-order valence-electron chi connectivity index (χ2n) is 8.13. The SMILES string of the molecule is C#CCOc1ccc2c(c1)c(-c1ccc(C(C)C)cc1)nc(=O)n2Cc1cccc(SC)c1. The van der Waals surface area contributed by atoms with Gasteiger partial charge in [-0.05, 0) is 53.6 Å². The van der Waals surface area contributed by atoms with E-state index < -0.39 is 0 Å². The minimum absolute atomic E-state index is 0.179. The van der Waals surface area contributed by atoms with Crippen LogP contribution in [0.3, 0.4) is 0 Å². The van der Waals surface area contributed by atoms with Crippen molar-refractivity contribution < 1.29 is 4.74 Å². The molecule has 1 aromatic heterocycles. The van der Waals surface area contributed by atoms with Crippen LogP contribution in [-0.4, -0.2) is 22.4 Å². The number of aromatic nitrogens is 2. The summed E-state index contributed by atoms with van der Waals surface area (Å²) in [5.74, 6) is 3.57. The highest BCUT2D eigenvalue weighted by Gasteiger charge is 2.14. The van der Waals surface area contributed by atoms with Crippen LogP contribution in [-0.2, 0) is 6.54 Å². The van der Waals surface area contributed by atoms with Crippen LogP contribution >= 0.6 is 11.8 Å².